The summed E-state index contributed by atoms with van der Waals surface area (Å²) in [5.41, 5.74) is 2.46. The second-order valence-electron chi connectivity index (χ2n) is 4.49. The van der Waals surface area contributed by atoms with Crippen LogP contribution in [0.5, 0.6) is 0 Å². The van der Waals surface area contributed by atoms with Crippen molar-refractivity contribution < 1.29 is 14.6 Å². The van der Waals surface area contributed by atoms with E-state index in [4.69, 9.17) is 9.84 Å². The molecule has 1 aliphatic heterocycles. The van der Waals surface area contributed by atoms with Gasteiger partial charge in [0.1, 0.15) is 0 Å². The topological polar surface area (TPSA) is 46.5 Å². The molecule has 1 N–H and O–H groups in total. The molecule has 2 atom stereocenters. The van der Waals surface area contributed by atoms with Crippen molar-refractivity contribution in [1.29, 1.82) is 0 Å². The third-order valence-electron chi connectivity index (χ3n) is 3.43. The van der Waals surface area contributed by atoms with E-state index in [1.165, 1.54) is 11.1 Å². The van der Waals surface area contributed by atoms with Gasteiger partial charge in [0.15, 0.2) is 0 Å². The molecule has 0 spiro atoms. The Morgan fingerprint density at radius 3 is 3.00 bits per heavy atom. The highest BCUT2D eigenvalue weighted by Crippen LogP contribution is 2.32. The van der Waals surface area contributed by atoms with Crippen LogP contribution in [-0.4, -0.2) is 17.7 Å². The first-order chi connectivity index (χ1) is 8.22. The van der Waals surface area contributed by atoms with E-state index in [1.54, 1.807) is 0 Å². The van der Waals surface area contributed by atoms with Crippen molar-refractivity contribution in [3.8, 4) is 0 Å². The van der Waals surface area contributed by atoms with Gasteiger partial charge in [-0.2, -0.15) is 0 Å². The van der Waals surface area contributed by atoms with Gasteiger partial charge in [-0.1, -0.05) is 31.2 Å². The maximum absolute atomic E-state index is 11.1. The molecule has 2 unspecified atom stereocenters. The minimum absolute atomic E-state index is 0.0546. The zero-order chi connectivity index (χ0) is 12.3. The fourth-order valence-electron chi connectivity index (χ4n) is 2.37. The summed E-state index contributed by atoms with van der Waals surface area (Å²) in [7, 11) is 0. The molecule has 1 aromatic carbocycles. The zero-order valence-corrected chi connectivity index (χ0v) is 10.1. The summed E-state index contributed by atoms with van der Waals surface area (Å²) in [4.78, 5) is 11.1. The summed E-state index contributed by atoms with van der Waals surface area (Å²) in [6, 6.07) is 8.16. The van der Waals surface area contributed by atoms with Crippen LogP contribution in [0.25, 0.3) is 0 Å². The van der Waals surface area contributed by atoms with Gasteiger partial charge >= 0.3 is 5.97 Å². The number of ether oxygens (including phenoxy) is 1. The molecule has 3 nitrogen and oxygen atoms in total. The molecule has 0 bridgehead atoms. The Kier molecular flexibility index (Phi) is 3.79. The molecule has 0 saturated carbocycles. The number of rotatable bonds is 4. The first-order valence-corrected chi connectivity index (χ1v) is 6.14. The molecular formula is C14H18O3. The third kappa shape index (κ3) is 2.67. The normalized spacial score (nSPS) is 20.6. The molecule has 1 aliphatic rings. The Morgan fingerprint density at radius 1 is 1.53 bits per heavy atom. The molecule has 0 aromatic heterocycles. The van der Waals surface area contributed by atoms with Crippen LogP contribution in [0.1, 0.15) is 37.0 Å². The van der Waals surface area contributed by atoms with Crippen molar-refractivity contribution in [2.45, 2.75) is 32.3 Å². The van der Waals surface area contributed by atoms with E-state index in [1.807, 2.05) is 25.1 Å². The molecule has 1 heterocycles. The summed E-state index contributed by atoms with van der Waals surface area (Å²) in [6.07, 6.45) is 2.09. The highest BCUT2D eigenvalue weighted by atomic mass is 16.5. The van der Waals surface area contributed by atoms with E-state index in [0.29, 0.717) is 19.4 Å². The summed E-state index contributed by atoms with van der Waals surface area (Å²) < 4.78 is 5.72. The molecule has 3 heteroatoms. The molecule has 1 aromatic rings. The Balaban J connectivity index is 2.15. The number of carbonyl (C=O) groups is 1. The maximum Gasteiger partial charge on any atom is 0.306 e. The first-order valence-electron chi connectivity index (χ1n) is 6.14. The Labute approximate surface area is 101 Å². The molecule has 0 radical (unpaired) electrons. The second-order valence-corrected chi connectivity index (χ2v) is 4.49. The highest BCUT2D eigenvalue weighted by molar-refractivity contribution is 5.69. The largest absolute Gasteiger partial charge is 0.481 e. The van der Waals surface area contributed by atoms with E-state index in [9.17, 15) is 4.79 Å². The number of benzene rings is 1. The molecule has 92 valence electrons. The van der Waals surface area contributed by atoms with Gasteiger partial charge in [-0.3, -0.25) is 4.79 Å². The number of fused-ring (bicyclic) bond motifs is 1. The van der Waals surface area contributed by atoms with Crippen molar-refractivity contribution in [2.24, 2.45) is 5.92 Å². The fourth-order valence-corrected chi connectivity index (χ4v) is 2.37. The third-order valence-corrected chi connectivity index (χ3v) is 3.43. The maximum atomic E-state index is 11.1. The van der Waals surface area contributed by atoms with Crippen LogP contribution in [0.2, 0.25) is 0 Å². The zero-order valence-electron chi connectivity index (χ0n) is 10.1. The van der Waals surface area contributed by atoms with Crippen LogP contribution >= 0.6 is 0 Å². The van der Waals surface area contributed by atoms with Crippen LogP contribution in [0.4, 0.5) is 0 Å². The summed E-state index contributed by atoms with van der Waals surface area (Å²) in [5, 5.41) is 9.10. The fraction of sp³-hybridized carbons (Fsp3) is 0.500. The summed E-state index contributed by atoms with van der Waals surface area (Å²) in [5.74, 6) is -1.04. The Hall–Kier alpha value is -1.35. The quantitative estimate of drug-likeness (QED) is 0.871. The number of aliphatic carboxylic acids is 1. The molecule has 0 aliphatic carbocycles. The van der Waals surface area contributed by atoms with Crippen LogP contribution in [0.3, 0.4) is 0 Å². The molecular weight excluding hydrogens is 216 g/mol. The minimum Gasteiger partial charge on any atom is -0.481 e. The molecule has 0 amide bonds. The van der Waals surface area contributed by atoms with Gasteiger partial charge in [-0.05, 0) is 30.4 Å². The van der Waals surface area contributed by atoms with Crippen molar-refractivity contribution >= 4 is 5.97 Å². The van der Waals surface area contributed by atoms with Crippen LogP contribution < -0.4 is 0 Å². The Bertz CT molecular complexity index is 400. The van der Waals surface area contributed by atoms with E-state index in [0.717, 1.165) is 6.42 Å². The number of carboxylic acids is 1. The number of hydrogen-bond acceptors (Lipinski definition) is 2. The van der Waals surface area contributed by atoms with Gasteiger partial charge in [0.05, 0.1) is 18.6 Å². The molecule has 0 saturated heterocycles. The number of hydrogen-bond donors (Lipinski definition) is 1. The monoisotopic (exact) mass is 234 g/mol. The van der Waals surface area contributed by atoms with Gasteiger partial charge in [-0.25, -0.2) is 0 Å². The summed E-state index contributed by atoms with van der Waals surface area (Å²) >= 11 is 0. The average molecular weight is 234 g/mol. The predicted octanol–water partition coefficient (Wildman–Crippen LogP) is 2.80. The van der Waals surface area contributed by atoms with E-state index < -0.39 is 5.97 Å². The standard InChI is InChI=1S/C14H18O3/c1-2-10(14(15)16)9-13-12-6-4-3-5-11(12)7-8-17-13/h3-6,10,13H,2,7-9H2,1H3,(H,15,16). The lowest BCUT2D eigenvalue weighted by atomic mass is 9.90. The second kappa shape index (κ2) is 5.32. The van der Waals surface area contributed by atoms with Crippen LogP contribution in [0.15, 0.2) is 24.3 Å². The predicted molar refractivity (Wildman–Crippen MR) is 64.9 cm³/mol. The lowest BCUT2D eigenvalue weighted by Crippen LogP contribution is -2.22. The Morgan fingerprint density at radius 2 is 2.29 bits per heavy atom. The highest BCUT2D eigenvalue weighted by Gasteiger charge is 2.26. The van der Waals surface area contributed by atoms with Crippen molar-refractivity contribution in [2.75, 3.05) is 6.61 Å². The van der Waals surface area contributed by atoms with Gasteiger partial charge in [-0.15, -0.1) is 0 Å². The smallest absolute Gasteiger partial charge is 0.306 e. The van der Waals surface area contributed by atoms with E-state index >= 15 is 0 Å². The minimum atomic E-state index is -0.723. The van der Waals surface area contributed by atoms with Crippen LogP contribution in [-0.2, 0) is 16.0 Å². The van der Waals surface area contributed by atoms with Crippen molar-refractivity contribution in [3.63, 3.8) is 0 Å². The van der Waals surface area contributed by atoms with Crippen molar-refractivity contribution in [3.05, 3.63) is 35.4 Å². The lowest BCUT2D eigenvalue weighted by molar-refractivity contribution is -0.143. The average Bonchev–Trinajstić information content (AvgIpc) is 2.35. The first kappa shape index (κ1) is 12.1. The van der Waals surface area contributed by atoms with E-state index in [-0.39, 0.29) is 12.0 Å². The molecule has 2 rings (SSSR count). The van der Waals surface area contributed by atoms with Crippen LogP contribution in [0, 0.1) is 5.92 Å². The van der Waals surface area contributed by atoms with Gasteiger partial charge in [0.2, 0.25) is 0 Å². The number of carboxylic acid groups (broad SMARTS) is 1. The van der Waals surface area contributed by atoms with Gasteiger partial charge in [0, 0.05) is 0 Å². The lowest BCUT2D eigenvalue weighted by Gasteiger charge is -2.27. The van der Waals surface area contributed by atoms with Crippen molar-refractivity contribution in [1.82, 2.24) is 0 Å². The van der Waals surface area contributed by atoms with Gasteiger partial charge < -0.3 is 9.84 Å². The summed E-state index contributed by atoms with van der Waals surface area (Å²) in [6.45, 7) is 2.60. The molecule has 17 heavy (non-hydrogen) atoms. The van der Waals surface area contributed by atoms with Gasteiger partial charge in [0.25, 0.3) is 0 Å². The molecule has 0 fully saturated rings. The van der Waals surface area contributed by atoms with E-state index in [2.05, 4.69) is 6.07 Å². The SMILES string of the molecule is CCC(CC1OCCc2ccccc21)C(=O)O.